The van der Waals surface area contributed by atoms with Crippen molar-refractivity contribution in [2.75, 3.05) is 0 Å². The first-order valence-corrected chi connectivity index (χ1v) is 26.5. The number of aryl methyl sites for hydroxylation is 2. The number of para-hydroxylation sites is 1. The van der Waals surface area contributed by atoms with Crippen LogP contribution in [-0.4, -0.2) is 24.6 Å². The summed E-state index contributed by atoms with van der Waals surface area (Å²) in [6.07, 6.45) is 1.89. The quantitative estimate of drug-likeness (QED) is 0.172. The fourth-order valence-corrected chi connectivity index (χ4v) is 12.7. The van der Waals surface area contributed by atoms with Gasteiger partial charge in [-0.2, -0.15) is 0 Å². The monoisotopic (exact) mass is 998 g/mol. The van der Waals surface area contributed by atoms with Crippen molar-refractivity contribution < 1.29 is 13.6 Å². The standard InChI is InChI=1S/C70H66N4O2/c1-41-35-44(45-26-30-55-56(39-45)70(11,12)64(69(55,9)10)43-19-14-13-15-20-43)27-31-58(41)74-59-24-18-22-51(62(59)73-65(74)61-60(75)32-29-52-53-28-25-42(2)72-66(53)76-63(52)61)47-36-48(38-49(37-47)67(3,4)5)57-40-46(33-34-71-57)50-21-16-17-23-54(50)68(6,7)8/h13-40,64,75H,1-12H3/i1D3. The summed E-state index contributed by atoms with van der Waals surface area (Å²) in [7, 11) is 0. The van der Waals surface area contributed by atoms with E-state index in [9.17, 15) is 9.22 Å². The van der Waals surface area contributed by atoms with E-state index in [1.54, 1.807) is 6.07 Å². The molecule has 7 aromatic carbocycles. The number of phenolic OH excluding ortho intramolecular Hbond substituents is 1. The molecule has 0 amide bonds. The summed E-state index contributed by atoms with van der Waals surface area (Å²) in [5, 5.41) is 13.7. The van der Waals surface area contributed by atoms with Crippen molar-refractivity contribution in [3.63, 3.8) is 0 Å². The normalized spacial score (nSPS) is 16.0. The molecular formula is C70H66N4O2. The SMILES string of the molecule is [2H]C([2H])([2H])c1cc(-c2ccc3c(c2)C(C)(C)C(c2ccccc2)C3(C)C)ccc1-n1c(-c2c(O)ccc3c2oc2nc(C)ccc23)nc2c(-c3cc(-c4cc(-c5ccccc5C(C)(C)C)ccn4)cc(C(C)(C)C)c3)cccc21. The van der Waals surface area contributed by atoms with Crippen LogP contribution in [0.15, 0.2) is 174 Å². The molecule has 1 aliphatic rings. The molecule has 1 unspecified atom stereocenters. The van der Waals surface area contributed by atoms with Gasteiger partial charge in [-0.25, -0.2) is 9.97 Å². The first kappa shape index (κ1) is 45.3. The molecule has 4 heterocycles. The minimum Gasteiger partial charge on any atom is -0.507 e. The number of furan rings is 1. The zero-order valence-corrected chi connectivity index (χ0v) is 45.4. The van der Waals surface area contributed by atoms with E-state index in [1.807, 2.05) is 66.2 Å². The molecule has 1 N–H and O–H groups in total. The summed E-state index contributed by atoms with van der Waals surface area (Å²) in [5.41, 5.74) is 16.8. The van der Waals surface area contributed by atoms with Gasteiger partial charge in [0.1, 0.15) is 11.3 Å². The summed E-state index contributed by atoms with van der Waals surface area (Å²) < 4.78 is 36.4. The van der Waals surface area contributed by atoms with Crippen LogP contribution in [0.3, 0.4) is 0 Å². The fourth-order valence-electron chi connectivity index (χ4n) is 12.7. The van der Waals surface area contributed by atoms with E-state index in [4.69, 9.17) is 19.4 Å². The predicted molar refractivity (Wildman–Crippen MR) is 315 cm³/mol. The minimum absolute atomic E-state index is 0.0677. The number of rotatable bonds is 7. The Morgan fingerprint density at radius 3 is 2.09 bits per heavy atom. The average molecular weight is 998 g/mol. The van der Waals surface area contributed by atoms with Crippen molar-refractivity contribution in [1.82, 2.24) is 19.5 Å². The number of pyridine rings is 2. The van der Waals surface area contributed by atoms with Crippen molar-refractivity contribution in [2.45, 2.75) is 111 Å². The van der Waals surface area contributed by atoms with Gasteiger partial charge in [0.2, 0.25) is 5.71 Å². The van der Waals surface area contributed by atoms with E-state index in [1.165, 1.54) is 27.8 Å². The van der Waals surface area contributed by atoms with Gasteiger partial charge in [-0.05, 0) is 163 Å². The molecular weight excluding hydrogens is 929 g/mol. The van der Waals surface area contributed by atoms with E-state index >= 15 is 0 Å². The Morgan fingerprint density at radius 2 is 1.32 bits per heavy atom. The summed E-state index contributed by atoms with van der Waals surface area (Å²) >= 11 is 0. The first-order chi connectivity index (χ1) is 37.4. The van der Waals surface area contributed by atoms with Crippen molar-refractivity contribution in [3.05, 3.63) is 209 Å². The highest BCUT2D eigenvalue weighted by atomic mass is 16.3. The van der Waals surface area contributed by atoms with Gasteiger partial charge in [0, 0.05) is 43.8 Å². The van der Waals surface area contributed by atoms with Crippen LogP contribution in [0.5, 0.6) is 5.75 Å². The molecule has 6 heteroatoms. The molecule has 0 fully saturated rings. The number of aromatic hydroxyl groups is 1. The number of phenols is 1. The van der Waals surface area contributed by atoms with E-state index in [-0.39, 0.29) is 38.9 Å². The molecule has 76 heavy (non-hydrogen) atoms. The largest absolute Gasteiger partial charge is 0.507 e. The molecule has 0 aliphatic heterocycles. The fraction of sp³-hybridized carbons (Fsp3) is 0.243. The summed E-state index contributed by atoms with van der Waals surface area (Å²) in [6.45, 7) is 22.0. The molecule has 1 atom stereocenters. The Labute approximate surface area is 451 Å². The molecule has 0 spiro atoms. The number of benzene rings is 7. The van der Waals surface area contributed by atoms with E-state index in [2.05, 4.69) is 178 Å². The van der Waals surface area contributed by atoms with Crippen molar-refractivity contribution in [3.8, 4) is 67.5 Å². The van der Waals surface area contributed by atoms with Gasteiger partial charge < -0.3 is 9.52 Å². The van der Waals surface area contributed by atoms with Crippen LogP contribution < -0.4 is 0 Å². The molecule has 12 rings (SSSR count). The maximum absolute atomic E-state index is 12.2. The Morgan fingerprint density at radius 1 is 0.605 bits per heavy atom. The van der Waals surface area contributed by atoms with Gasteiger partial charge in [0.15, 0.2) is 11.4 Å². The molecule has 4 aromatic heterocycles. The minimum atomic E-state index is -2.58. The lowest BCUT2D eigenvalue weighted by molar-refractivity contribution is 0.330. The maximum Gasteiger partial charge on any atom is 0.227 e. The van der Waals surface area contributed by atoms with Gasteiger partial charge in [-0.15, -0.1) is 0 Å². The molecule has 378 valence electrons. The van der Waals surface area contributed by atoms with Crippen LogP contribution in [-0.2, 0) is 21.7 Å². The van der Waals surface area contributed by atoms with Gasteiger partial charge in [0.25, 0.3) is 0 Å². The molecule has 0 saturated carbocycles. The predicted octanol–water partition coefficient (Wildman–Crippen LogP) is 18.3. The lowest BCUT2D eigenvalue weighted by Crippen LogP contribution is -2.31. The van der Waals surface area contributed by atoms with E-state index < -0.39 is 6.85 Å². The summed E-state index contributed by atoms with van der Waals surface area (Å²) in [4.78, 5) is 15.3. The van der Waals surface area contributed by atoms with E-state index in [0.717, 1.165) is 61.1 Å². The Kier molecular flexibility index (Phi) is 10.4. The molecule has 0 saturated heterocycles. The summed E-state index contributed by atoms with van der Waals surface area (Å²) in [6, 6.07) is 56.1. The second-order valence-electron chi connectivity index (χ2n) is 24.2. The first-order valence-electron chi connectivity index (χ1n) is 28.0. The third-order valence-corrected chi connectivity index (χ3v) is 16.3. The lowest BCUT2D eigenvalue weighted by atomic mass is 9.67. The average Bonchev–Trinajstić information content (AvgIpc) is 4.16. The number of nitrogens with zero attached hydrogens (tertiary/aromatic N) is 4. The zero-order chi connectivity index (χ0) is 55.7. The number of fused-ring (bicyclic) bond motifs is 5. The molecule has 0 bridgehead atoms. The summed E-state index contributed by atoms with van der Waals surface area (Å²) in [5.74, 6) is 0.484. The van der Waals surface area contributed by atoms with Gasteiger partial charge in [-0.3, -0.25) is 9.55 Å². The van der Waals surface area contributed by atoms with Crippen LogP contribution in [0.1, 0.15) is 118 Å². The van der Waals surface area contributed by atoms with Crippen LogP contribution in [0.25, 0.3) is 94.8 Å². The second-order valence-corrected chi connectivity index (χ2v) is 24.2. The van der Waals surface area contributed by atoms with Crippen LogP contribution in [0.4, 0.5) is 0 Å². The lowest BCUT2D eigenvalue weighted by Gasteiger charge is -2.36. The van der Waals surface area contributed by atoms with Crippen molar-refractivity contribution in [1.29, 1.82) is 0 Å². The van der Waals surface area contributed by atoms with Crippen LogP contribution >= 0.6 is 0 Å². The van der Waals surface area contributed by atoms with Crippen molar-refractivity contribution >= 4 is 33.1 Å². The Balaban J connectivity index is 1.08. The highest BCUT2D eigenvalue weighted by Gasteiger charge is 2.51. The van der Waals surface area contributed by atoms with Gasteiger partial charge in [0.05, 0.1) is 22.4 Å². The molecule has 6 nitrogen and oxygen atoms in total. The van der Waals surface area contributed by atoms with Gasteiger partial charge in [-0.1, -0.05) is 166 Å². The topological polar surface area (TPSA) is 77.0 Å². The number of imidazole rings is 1. The number of aromatic nitrogens is 4. The third kappa shape index (κ3) is 7.95. The highest BCUT2D eigenvalue weighted by Crippen LogP contribution is 2.59. The molecule has 11 aromatic rings. The van der Waals surface area contributed by atoms with Crippen LogP contribution in [0.2, 0.25) is 0 Å². The smallest absolute Gasteiger partial charge is 0.227 e. The molecule has 1 aliphatic carbocycles. The second kappa shape index (κ2) is 17.5. The number of hydrogen-bond donors (Lipinski definition) is 1. The maximum atomic E-state index is 12.2. The Hall–Kier alpha value is -8.09. The number of hydrogen-bond acceptors (Lipinski definition) is 5. The van der Waals surface area contributed by atoms with E-state index in [0.29, 0.717) is 39.4 Å². The zero-order valence-electron chi connectivity index (χ0n) is 48.4. The molecule has 0 radical (unpaired) electrons. The van der Waals surface area contributed by atoms with Crippen molar-refractivity contribution in [2.24, 2.45) is 0 Å². The van der Waals surface area contributed by atoms with Gasteiger partial charge >= 0.3 is 0 Å². The third-order valence-electron chi connectivity index (χ3n) is 16.3. The Bertz CT molecular complexity index is 4240. The van der Waals surface area contributed by atoms with Crippen LogP contribution in [0, 0.1) is 13.8 Å². The highest BCUT2D eigenvalue weighted by molar-refractivity contribution is 6.10.